The van der Waals surface area contributed by atoms with Crippen LogP contribution in [0.5, 0.6) is 10.9 Å². The zero-order chi connectivity index (χ0) is 12.4. The van der Waals surface area contributed by atoms with Crippen molar-refractivity contribution in [3.63, 3.8) is 0 Å². The highest BCUT2D eigenvalue weighted by Crippen LogP contribution is 2.29. The molecule has 0 saturated heterocycles. The van der Waals surface area contributed by atoms with E-state index in [0.717, 1.165) is 23.5 Å². The van der Waals surface area contributed by atoms with Gasteiger partial charge in [-0.1, -0.05) is 5.10 Å². The lowest BCUT2D eigenvalue weighted by Crippen LogP contribution is -1.93. The molecule has 0 aliphatic heterocycles. The Morgan fingerprint density at radius 1 is 1.47 bits per heavy atom. The van der Waals surface area contributed by atoms with Gasteiger partial charge in [0, 0.05) is 12.1 Å². The molecule has 1 aromatic carbocycles. The number of hydrogen-bond acceptors (Lipinski definition) is 6. The van der Waals surface area contributed by atoms with Crippen molar-refractivity contribution in [1.29, 1.82) is 0 Å². The van der Waals surface area contributed by atoms with Gasteiger partial charge in [0.25, 0.3) is 5.19 Å². The molecule has 0 unspecified atom stereocenters. The first-order chi connectivity index (χ1) is 8.06. The first kappa shape index (κ1) is 11.9. The van der Waals surface area contributed by atoms with Crippen LogP contribution in [0.2, 0.25) is 0 Å². The van der Waals surface area contributed by atoms with Crippen LogP contribution in [0.3, 0.4) is 0 Å². The standard InChI is InChI=1S/C8H3BrFN3O3S/c9-7-11-12-8(17-7)16-4-1-2-6(13(14)15)5(10)3-4/h1-3H. The third kappa shape index (κ3) is 2.74. The number of ether oxygens (including phenoxy) is 1. The monoisotopic (exact) mass is 319 g/mol. The van der Waals surface area contributed by atoms with Crippen LogP contribution in [0.4, 0.5) is 10.1 Å². The number of nitrogens with zero attached hydrogens (tertiary/aromatic N) is 3. The van der Waals surface area contributed by atoms with E-state index in [0.29, 0.717) is 3.92 Å². The van der Waals surface area contributed by atoms with Gasteiger partial charge in [0.15, 0.2) is 3.92 Å². The number of benzene rings is 1. The molecule has 0 radical (unpaired) electrons. The predicted molar refractivity (Wildman–Crippen MR) is 60.7 cm³/mol. The Kier molecular flexibility index (Phi) is 3.29. The van der Waals surface area contributed by atoms with Gasteiger partial charge in [0.05, 0.1) is 4.92 Å². The SMILES string of the molecule is O=[N+]([O-])c1ccc(Oc2nnc(Br)s2)cc1F. The van der Waals surface area contributed by atoms with Crippen molar-refractivity contribution in [3.05, 3.63) is 38.0 Å². The lowest BCUT2D eigenvalue weighted by molar-refractivity contribution is -0.387. The molecule has 0 amide bonds. The predicted octanol–water partition coefficient (Wildman–Crippen LogP) is 3.14. The molecule has 0 N–H and O–H groups in total. The molecule has 2 rings (SSSR count). The third-order valence-corrected chi connectivity index (χ3v) is 2.94. The number of rotatable bonds is 3. The van der Waals surface area contributed by atoms with Gasteiger partial charge in [-0.25, -0.2) is 0 Å². The number of hydrogen-bond donors (Lipinski definition) is 0. The molecule has 17 heavy (non-hydrogen) atoms. The summed E-state index contributed by atoms with van der Waals surface area (Å²) in [5.74, 6) is -0.840. The maximum Gasteiger partial charge on any atom is 0.305 e. The summed E-state index contributed by atoms with van der Waals surface area (Å²) in [4.78, 5) is 9.59. The van der Waals surface area contributed by atoms with E-state index in [1.54, 1.807) is 0 Å². The highest BCUT2D eigenvalue weighted by molar-refractivity contribution is 9.11. The maximum absolute atomic E-state index is 13.2. The smallest absolute Gasteiger partial charge is 0.305 e. The minimum atomic E-state index is -0.962. The molecular formula is C8H3BrFN3O3S. The van der Waals surface area contributed by atoms with E-state index < -0.39 is 16.4 Å². The second kappa shape index (κ2) is 4.72. The van der Waals surface area contributed by atoms with Crippen LogP contribution >= 0.6 is 27.3 Å². The molecule has 6 nitrogen and oxygen atoms in total. The number of nitro groups is 1. The molecule has 0 aliphatic rings. The molecule has 0 atom stereocenters. The molecule has 0 bridgehead atoms. The molecule has 0 fully saturated rings. The van der Waals surface area contributed by atoms with E-state index in [-0.39, 0.29) is 10.9 Å². The summed E-state index contributed by atoms with van der Waals surface area (Å²) >= 11 is 4.21. The van der Waals surface area contributed by atoms with Gasteiger partial charge in [-0.15, -0.1) is 5.10 Å². The summed E-state index contributed by atoms with van der Waals surface area (Å²) < 4.78 is 18.9. The van der Waals surface area contributed by atoms with Crippen molar-refractivity contribution in [2.45, 2.75) is 0 Å². The molecular weight excluding hydrogens is 317 g/mol. The van der Waals surface area contributed by atoms with Crippen LogP contribution in [0, 0.1) is 15.9 Å². The second-order valence-corrected chi connectivity index (χ2v) is 5.01. The maximum atomic E-state index is 13.2. The summed E-state index contributed by atoms with van der Waals surface area (Å²) in [7, 11) is 0. The van der Waals surface area contributed by atoms with Crippen molar-refractivity contribution in [1.82, 2.24) is 10.2 Å². The van der Waals surface area contributed by atoms with E-state index in [9.17, 15) is 14.5 Å². The van der Waals surface area contributed by atoms with E-state index in [2.05, 4.69) is 26.1 Å². The number of halogens is 2. The van der Waals surface area contributed by atoms with E-state index in [1.807, 2.05) is 0 Å². The van der Waals surface area contributed by atoms with Crippen LogP contribution in [-0.4, -0.2) is 15.1 Å². The molecule has 0 saturated carbocycles. The first-order valence-corrected chi connectivity index (χ1v) is 5.78. The Balaban J connectivity index is 2.23. The van der Waals surface area contributed by atoms with Gasteiger partial charge in [-0.2, -0.15) is 4.39 Å². The Morgan fingerprint density at radius 3 is 2.76 bits per heavy atom. The summed E-state index contributed by atoms with van der Waals surface area (Å²) in [6.45, 7) is 0. The molecule has 1 aromatic heterocycles. The molecule has 88 valence electrons. The second-order valence-electron chi connectivity index (χ2n) is 2.79. The molecule has 0 spiro atoms. The fourth-order valence-electron chi connectivity index (χ4n) is 1.03. The molecule has 0 aliphatic carbocycles. The van der Waals surface area contributed by atoms with E-state index in [1.165, 1.54) is 6.07 Å². The largest absolute Gasteiger partial charge is 0.430 e. The van der Waals surface area contributed by atoms with Crippen molar-refractivity contribution in [2.24, 2.45) is 0 Å². The van der Waals surface area contributed by atoms with Crippen molar-refractivity contribution < 1.29 is 14.1 Å². The summed E-state index contributed by atoms with van der Waals surface area (Å²) in [6.07, 6.45) is 0. The van der Waals surface area contributed by atoms with E-state index in [4.69, 9.17) is 4.74 Å². The summed E-state index contributed by atoms with van der Waals surface area (Å²) in [5.41, 5.74) is -0.601. The van der Waals surface area contributed by atoms with Crippen LogP contribution in [0.15, 0.2) is 22.1 Å². The minimum Gasteiger partial charge on any atom is -0.430 e. The zero-order valence-corrected chi connectivity index (χ0v) is 10.4. The molecule has 9 heteroatoms. The van der Waals surface area contributed by atoms with Crippen LogP contribution in [0.1, 0.15) is 0 Å². The van der Waals surface area contributed by atoms with Gasteiger partial charge < -0.3 is 4.74 Å². The summed E-state index contributed by atoms with van der Waals surface area (Å²) in [5, 5.41) is 17.9. The lowest BCUT2D eigenvalue weighted by atomic mass is 10.3. The molecule has 1 heterocycles. The van der Waals surface area contributed by atoms with Gasteiger partial charge in [-0.3, -0.25) is 10.1 Å². The van der Waals surface area contributed by atoms with Crippen molar-refractivity contribution >= 4 is 33.0 Å². The Morgan fingerprint density at radius 2 is 2.24 bits per heavy atom. The zero-order valence-electron chi connectivity index (χ0n) is 7.96. The number of aromatic nitrogens is 2. The minimum absolute atomic E-state index is 0.122. The average molecular weight is 320 g/mol. The highest BCUT2D eigenvalue weighted by Gasteiger charge is 2.15. The average Bonchev–Trinajstić information content (AvgIpc) is 2.63. The van der Waals surface area contributed by atoms with Crippen LogP contribution < -0.4 is 4.74 Å². The van der Waals surface area contributed by atoms with Crippen LogP contribution in [-0.2, 0) is 0 Å². The normalized spacial score (nSPS) is 10.2. The summed E-state index contributed by atoms with van der Waals surface area (Å²) in [6, 6.07) is 3.24. The lowest BCUT2D eigenvalue weighted by Gasteiger charge is -2.00. The Hall–Kier alpha value is -1.61. The van der Waals surface area contributed by atoms with Crippen molar-refractivity contribution in [2.75, 3.05) is 0 Å². The first-order valence-electron chi connectivity index (χ1n) is 4.17. The highest BCUT2D eigenvalue weighted by atomic mass is 79.9. The van der Waals surface area contributed by atoms with Gasteiger partial charge in [-0.05, 0) is 33.3 Å². The van der Waals surface area contributed by atoms with Gasteiger partial charge in [0.1, 0.15) is 5.75 Å². The van der Waals surface area contributed by atoms with E-state index >= 15 is 0 Å². The number of nitro benzene ring substituents is 1. The van der Waals surface area contributed by atoms with Gasteiger partial charge in [0.2, 0.25) is 5.82 Å². The third-order valence-electron chi connectivity index (χ3n) is 1.70. The quantitative estimate of drug-likeness (QED) is 0.641. The van der Waals surface area contributed by atoms with Crippen LogP contribution in [0.25, 0.3) is 0 Å². The molecule has 2 aromatic rings. The fraction of sp³-hybridized carbons (Fsp3) is 0. The Labute approximate surface area is 106 Å². The Bertz CT molecular complexity index is 577. The fourth-order valence-corrected chi connectivity index (χ4v) is 1.97. The van der Waals surface area contributed by atoms with Gasteiger partial charge >= 0.3 is 5.69 Å². The van der Waals surface area contributed by atoms with Crippen molar-refractivity contribution in [3.8, 4) is 10.9 Å². The topological polar surface area (TPSA) is 78.2 Å².